The molecular formula is C12H21N2. The molecule has 0 atom stereocenters. The van der Waals surface area contributed by atoms with Gasteiger partial charge in [-0.25, -0.2) is 0 Å². The Bertz CT molecular complexity index is 261. The molecule has 0 saturated heterocycles. The predicted molar refractivity (Wildman–Crippen MR) is 59.1 cm³/mol. The van der Waals surface area contributed by atoms with Gasteiger partial charge in [0.1, 0.15) is 6.20 Å². The van der Waals surface area contributed by atoms with Crippen molar-refractivity contribution in [2.24, 2.45) is 11.8 Å². The topological polar surface area (TPSA) is 17.8 Å². The molecule has 0 fully saturated rings. The molecule has 0 aromatic carbocycles. The SMILES string of the molecule is CC(C)CCn1n[c]cc1CC(C)C. The van der Waals surface area contributed by atoms with E-state index in [4.69, 9.17) is 0 Å². The van der Waals surface area contributed by atoms with Crippen molar-refractivity contribution in [3.05, 3.63) is 18.0 Å². The maximum atomic E-state index is 4.23. The zero-order chi connectivity index (χ0) is 10.6. The Kier molecular flexibility index (Phi) is 4.18. The first-order valence-electron chi connectivity index (χ1n) is 5.52. The molecule has 0 aliphatic rings. The van der Waals surface area contributed by atoms with Gasteiger partial charge >= 0.3 is 0 Å². The summed E-state index contributed by atoms with van der Waals surface area (Å²) in [4.78, 5) is 0. The van der Waals surface area contributed by atoms with Crippen LogP contribution in [0.25, 0.3) is 0 Å². The third kappa shape index (κ3) is 3.52. The fourth-order valence-corrected chi connectivity index (χ4v) is 1.47. The van der Waals surface area contributed by atoms with Gasteiger partial charge in [0.2, 0.25) is 0 Å². The van der Waals surface area contributed by atoms with Crippen molar-refractivity contribution in [3.8, 4) is 0 Å². The van der Waals surface area contributed by atoms with E-state index in [1.807, 2.05) is 6.07 Å². The van der Waals surface area contributed by atoms with E-state index in [0.717, 1.165) is 18.9 Å². The molecular weight excluding hydrogens is 172 g/mol. The second kappa shape index (κ2) is 5.18. The first kappa shape index (κ1) is 11.3. The van der Waals surface area contributed by atoms with Gasteiger partial charge in [0.05, 0.1) is 0 Å². The van der Waals surface area contributed by atoms with Crippen molar-refractivity contribution in [2.45, 2.75) is 47.1 Å². The second-order valence-electron chi connectivity index (χ2n) is 4.77. The zero-order valence-electron chi connectivity index (χ0n) is 9.75. The molecule has 2 nitrogen and oxygen atoms in total. The minimum atomic E-state index is 0.692. The Morgan fingerprint density at radius 2 is 2.00 bits per heavy atom. The van der Waals surface area contributed by atoms with E-state index in [1.165, 1.54) is 12.1 Å². The van der Waals surface area contributed by atoms with Gasteiger partial charge < -0.3 is 0 Å². The average Bonchev–Trinajstić information content (AvgIpc) is 2.47. The summed E-state index contributed by atoms with van der Waals surface area (Å²) in [6.07, 6.45) is 5.24. The smallest absolute Gasteiger partial charge is 0.113 e. The monoisotopic (exact) mass is 193 g/mol. The third-order valence-electron chi connectivity index (χ3n) is 2.28. The van der Waals surface area contributed by atoms with Gasteiger partial charge in [-0.2, -0.15) is 5.10 Å². The fourth-order valence-electron chi connectivity index (χ4n) is 1.47. The van der Waals surface area contributed by atoms with Gasteiger partial charge in [-0.15, -0.1) is 0 Å². The van der Waals surface area contributed by atoms with E-state index in [1.54, 1.807) is 0 Å². The number of hydrogen-bond donors (Lipinski definition) is 0. The molecule has 0 saturated carbocycles. The van der Waals surface area contributed by atoms with Crippen LogP contribution in [0.5, 0.6) is 0 Å². The van der Waals surface area contributed by atoms with Crippen LogP contribution in [0.3, 0.4) is 0 Å². The van der Waals surface area contributed by atoms with Crippen LogP contribution in [0.2, 0.25) is 0 Å². The second-order valence-corrected chi connectivity index (χ2v) is 4.77. The summed E-state index contributed by atoms with van der Waals surface area (Å²) in [5.41, 5.74) is 1.32. The van der Waals surface area contributed by atoms with Crippen LogP contribution in [0.1, 0.15) is 39.8 Å². The van der Waals surface area contributed by atoms with Gasteiger partial charge in [-0.3, -0.25) is 4.68 Å². The van der Waals surface area contributed by atoms with Crippen molar-refractivity contribution in [1.82, 2.24) is 9.78 Å². The summed E-state index contributed by atoms with van der Waals surface area (Å²) in [6, 6.07) is 2.01. The van der Waals surface area contributed by atoms with Crippen molar-refractivity contribution in [3.63, 3.8) is 0 Å². The fraction of sp³-hybridized carbons (Fsp3) is 0.750. The van der Waals surface area contributed by atoms with Crippen LogP contribution >= 0.6 is 0 Å². The van der Waals surface area contributed by atoms with Crippen LogP contribution in [-0.4, -0.2) is 9.78 Å². The maximum absolute atomic E-state index is 4.23. The highest BCUT2D eigenvalue weighted by atomic mass is 15.3. The lowest BCUT2D eigenvalue weighted by Crippen LogP contribution is -2.09. The molecule has 0 aliphatic carbocycles. The lowest BCUT2D eigenvalue weighted by Gasteiger charge is -2.10. The summed E-state index contributed by atoms with van der Waals surface area (Å²) in [6.45, 7) is 9.99. The van der Waals surface area contributed by atoms with Gasteiger partial charge in [0, 0.05) is 12.2 Å². The summed E-state index contributed by atoms with van der Waals surface area (Å²) in [7, 11) is 0. The van der Waals surface area contributed by atoms with E-state index in [-0.39, 0.29) is 0 Å². The Morgan fingerprint density at radius 1 is 1.29 bits per heavy atom. The highest BCUT2D eigenvalue weighted by Gasteiger charge is 2.05. The molecule has 1 rings (SSSR count). The number of aryl methyl sites for hydroxylation is 1. The van der Waals surface area contributed by atoms with E-state index in [0.29, 0.717) is 5.92 Å². The molecule has 0 aliphatic heterocycles. The third-order valence-corrected chi connectivity index (χ3v) is 2.28. The average molecular weight is 193 g/mol. The van der Waals surface area contributed by atoms with Crippen LogP contribution in [0, 0.1) is 18.0 Å². The molecule has 1 aromatic heterocycles. The Labute approximate surface area is 87.3 Å². The van der Waals surface area contributed by atoms with Gasteiger partial charge in [0.15, 0.2) is 0 Å². The summed E-state index contributed by atoms with van der Waals surface area (Å²) in [5.74, 6) is 1.43. The largest absolute Gasteiger partial charge is 0.269 e. The quantitative estimate of drug-likeness (QED) is 0.703. The predicted octanol–water partition coefficient (Wildman–Crippen LogP) is 2.93. The molecule has 2 heteroatoms. The molecule has 1 aromatic rings. The highest BCUT2D eigenvalue weighted by molar-refractivity contribution is 5.00. The molecule has 0 unspecified atom stereocenters. The van der Waals surface area contributed by atoms with E-state index in [2.05, 4.69) is 43.7 Å². The standard InChI is InChI=1S/C12H21N2/c1-10(2)6-8-14-12(5-7-13-14)9-11(3)4/h5,10-11H,6,8-9H2,1-4H3. The Balaban J connectivity index is 2.53. The van der Waals surface area contributed by atoms with E-state index >= 15 is 0 Å². The Hall–Kier alpha value is -0.790. The molecule has 1 radical (unpaired) electrons. The molecule has 0 N–H and O–H groups in total. The molecule has 14 heavy (non-hydrogen) atoms. The van der Waals surface area contributed by atoms with E-state index < -0.39 is 0 Å². The summed E-state index contributed by atoms with van der Waals surface area (Å²) >= 11 is 0. The molecule has 1 heterocycles. The van der Waals surface area contributed by atoms with Gasteiger partial charge in [-0.1, -0.05) is 27.7 Å². The lowest BCUT2D eigenvalue weighted by atomic mass is 10.1. The molecule has 0 amide bonds. The minimum Gasteiger partial charge on any atom is -0.269 e. The van der Waals surface area contributed by atoms with Crippen molar-refractivity contribution >= 4 is 0 Å². The summed E-state index contributed by atoms with van der Waals surface area (Å²) < 4.78 is 2.10. The van der Waals surface area contributed by atoms with Crippen LogP contribution < -0.4 is 0 Å². The normalized spacial score (nSPS) is 11.6. The van der Waals surface area contributed by atoms with E-state index in [9.17, 15) is 0 Å². The van der Waals surface area contributed by atoms with Gasteiger partial charge in [0.25, 0.3) is 0 Å². The summed E-state index contributed by atoms with van der Waals surface area (Å²) in [5, 5.41) is 4.23. The van der Waals surface area contributed by atoms with Crippen molar-refractivity contribution < 1.29 is 0 Å². The van der Waals surface area contributed by atoms with Crippen LogP contribution in [-0.2, 0) is 13.0 Å². The first-order chi connectivity index (χ1) is 6.59. The number of rotatable bonds is 5. The Morgan fingerprint density at radius 3 is 2.57 bits per heavy atom. The first-order valence-corrected chi connectivity index (χ1v) is 5.52. The van der Waals surface area contributed by atoms with Crippen molar-refractivity contribution in [2.75, 3.05) is 0 Å². The molecule has 79 valence electrons. The molecule has 0 spiro atoms. The number of hydrogen-bond acceptors (Lipinski definition) is 1. The van der Waals surface area contributed by atoms with Gasteiger partial charge in [-0.05, 0) is 30.7 Å². The number of aromatic nitrogens is 2. The van der Waals surface area contributed by atoms with Crippen LogP contribution in [0.4, 0.5) is 0 Å². The molecule has 0 bridgehead atoms. The number of nitrogens with zero attached hydrogens (tertiary/aromatic N) is 2. The lowest BCUT2D eigenvalue weighted by molar-refractivity contribution is 0.465. The highest BCUT2D eigenvalue weighted by Crippen LogP contribution is 2.09. The minimum absolute atomic E-state index is 0.692. The van der Waals surface area contributed by atoms with Crippen LogP contribution in [0.15, 0.2) is 6.07 Å². The van der Waals surface area contributed by atoms with Crippen molar-refractivity contribution in [1.29, 1.82) is 0 Å². The maximum Gasteiger partial charge on any atom is 0.113 e. The zero-order valence-corrected chi connectivity index (χ0v) is 9.75.